The number of benzene rings is 1. The third-order valence-electron chi connectivity index (χ3n) is 3.80. The van der Waals surface area contributed by atoms with Gasteiger partial charge in [-0.15, -0.1) is 0 Å². The van der Waals surface area contributed by atoms with E-state index in [2.05, 4.69) is 67.9 Å². The molecule has 0 fully saturated rings. The lowest BCUT2D eigenvalue weighted by Crippen LogP contribution is -2.22. The van der Waals surface area contributed by atoms with Gasteiger partial charge < -0.3 is 0 Å². The van der Waals surface area contributed by atoms with Gasteiger partial charge in [-0.3, -0.25) is 9.88 Å². The first kappa shape index (κ1) is 15.7. The molecule has 0 saturated heterocycles. The summed E-state index contributed by atoms with van der Waals surface area (Å²) in [7, 11) is 0. The first-order valence-corrected chi connectivity index (χ1v) is 7.69. The lowest BCUT2D eigenvalue weighted by Gasteiger charge is -2.22. The Balaban J connectivity index is 2.02. The maximum Gasteiger partial charge on any atom is 0.0312 e. The van der Waals surface area contributed by atoms with Crippen molar-refractivity contribution in [2.24, 2.45) is 0 Å². The molecule has 0 aliphatic rings. The standard InChI is InChI=1S/C19H26N2/c1-5-21(15-17-7-6-12-20-13-17)14-16-8-10-18(11-9-16)19(2,3)4/h6-13H,5,14-15H2,1-4H3. The van der Waals surface area contributed by atoms with Crippen LogP contribution in [0.4, 0.5) is 0 Å². The van der Waals surface area contributed by atoms with Crippen molar-refractivity contribution in [1.82, 2.24) is 9.88 Å². The molecule has 2 nitrogen and oxygen atoms in total. The lowest BCUT2D eigenvalue weighted by atomic mass is 9.87. The van der Waals surface area contributed by atoms with E-state index in [0.717, 1.165) is 19.6 Å². The van der Waals surface area contributed by atoms with E-state index >= 15 is 0 Å². The average molecular weight is 282 g/mol. The highest BCUT2D eigenvalue weighted by Crippen LogP contribution is 2.22. The molecule has 0 radical (unpaired) electrons. The Bertz CT molecular complexity index is 538. The zero-order valence-corrected chi connectivity index (χ0v) is 13.6. The van der Waals surface area contributed by atoms with Crippen molar-refractivity contribution in [2.75, 3.05) is 6.54 Å². The normalized spacial score (nSPS) is 11.9. The molecule has 0 bridgehead atoms. The molecule has 0 aliphatic heterocycles. The molecular weight excluding hydrogens is 256 g/mol. The molecule has 0 unspecified atom stereocenters. The van der Waals surface area contributed by atoms with E-state index in [9.17, 15) is 0 Å². The second-order valence-electron chi connectivity index (χ2n) is 6.61. The van der Waals surface area contributed by atoms with Gasteiger partial charge in [0.05, 0.1) is 0 Å². The number of pyridine rings is 1. The molecule has 0 atom stereocenters. The third-order valence-corrected chi connectivity index (χ3v) is 3.80. The molecule has 2 rings (SSSR count). The fourth-order valence-electron chi connectivity index (χ4n) is 2.40. The maximum absolute atomic E-state index is 4.19. The van der Waals surface area contributed by atoms with Crippen LogP contribution in [0, 0.1) is 0 Å². The Morgan fingerprint density at radius 2 is 1.62 bits per heavy atom. The van der Waals surface area contributed by atoms with Gasteiger partial charge in [-0.1, -0.05) is 58.0 Å². The van der Waals surface area contributed by atoms with E-state index in [1.807, 2.05) is 18.5 Å². The number of nitrogens with zero attached hydrogens (tertiary/aromatic N) is 2. The van der Waals surface area contributed by atoms with Crippen LogP contribution in [0.15, 0.2) is 48.8 Å². The number of rotatable bonds is 5. The molecule has 0 aliphatic carbocycles. The summed E-state index contributed by atoms with van der Waals surface area (Å²) < 4.78 is 0. The highest BCUT2D eigenvalue weighted by Gasteiger charge is 2.13. The second kappa shape index (κ2) is 6.86. The topological polar surface area (TPSA) is 16.1 Å². The van der Waals surface area contributed by atoms with Crippen LogP contribution in [0.1, 0.15) is 44.4 Å². The molecule has 0 amide bonds. The molecule has 1 aromatic carbocycles. The van der Waals surface area contributed by atoms with Gasteiger partial charge in [-0.25, -0.2) is 0 Å². The molecule has 0 saturated carbocycles. The summed E-state index contributed by atoms with van der Waals surface area (Å²) in [4.78, 5) is 6.62. The van der Waals surface area contributed by atoms with Crippen molar-refractivity contribution in [1.29, 1.82) is 0 Å². The van der Waals surface area contributed by atoms with Crippen LogP contribution in [-0.4, -0.2) is 16.4 Å². The van der Waals surface area contributed by atoms with Crippen molar-refractivity contribution >= 4 is 0 Å². The van der Waals surface area contributed by atoms with Crippen LogP contribution in [0.25, 0.3) is 0 Å². The fraction of sp³-hybridized carbons (Fsp3) is 0.421. The molecule has 0 N–H and O–H groups in total. The summed E-state index contributed by atoms with van der Waals surface area (Å²) in [5, 5.41) is 0. The molecule has 1 heterocycles. The van der Waals surface area contributed by atoms with Gasteiger partial charge in [0.2, 0.25) is 0 Å². The van der Waals surface area contributed by atoms with E-state index in [1.54, 1.807) is 0 Å². The van der Waals surface area contributed by atoms with E-state index in [4.69, 9.17) is 0 Å². The van der Waals surface area contributed by atoms with Gasteiger partial charge in [0, 0.05) is 25.5 Å². The Morgan fingerprint density at radius 3 is 2.14 bits per heavy atom. The molecule has 2 aromatic rings. The van der Waals surface area contributed by atoms with E-state index in [-0.39, 0.29) is 5.41 Å². The molecule has 21 heavy (non-hydrogen) atoms. The number of hydrogen-bond acceptors (Lipinski definition) is 2. The van der Waals surface area contributed by atoms with Gasteiger partial charge in [-0.05, 0) is 34.7 Å². The molecule has 112 valence electrons. The van der Waals surface area contributed by atoms with Crippen molar-refractivity contribution in [3.63, 3.8) is 0 Å². The zero-order valence-electron chi connectivity index (χ0n) is 13.6. The minimum absolute atomic E-state index is 0.221. The van der Waals surface area contributed by atoms with Crippen LogP contribution < -0.4 is 0 Å². The van der Waals surface area contributed by atoms with Gasteiger partial charge in [0.15, 0.2) is 0 Å². The first-order valence-electron chi connectivity index (χ1n) is 7.69. The highest BCUT2D eigenvalue weighted by molar-refractivity contribution is 5.27. The van der Waals surface area contributed by atoms with E-state index in [0.29, 0.717) is 0 Å². The Labute approximate surface area is 128 Å². The molecular formula is C19H26N2. The average Bonchev–Trinajstić information content (AvgIpc) is 2.47. The summed E-state index contributed by atoms with van der Waals surface area (Å²) in [6.07, 6.45) is 3.77. The Morgan fingerprint density at radius 1 is 0.952 bits per heavy atom. The minimum Gasteiger partial charge on any atom is -0.295 e. The van der Waals surface area contributed by atoms with Crippen LogP contribution in [0.5, 0.6) is 0 Å². The Hall–Kier alpha value is -1.67. The lowest BCUT2D eigenvalue weighted by molar-refractivity contribution is 0.271. The summed E-state index contributed by atoms with van der Waals surface area (Å²) in [5.41, 5.74) is 4.25. The summed E-state index contributed by atoms with van der Waals surface area (Å²) >= 11 is 0. The van der Waals surface area contributed by atoms with Crippen LogP contribution in [-0.2, 0) is 18.5 Å². The van der Waals surface area contributed by atoms with Crippen molar-refractivity contribution in [3.8, 4) is 0 Å². The van der Waals surface area contributed by atoms with Gasteiger partial charge in [0.1, 0.15) is 0 Å². The third kappa shape index (κ3) is 4.68. The van der Waals surface area contributed by atoms with Gasteiger partial charge in [-0.2, -0.15) is 0 Å². The number of aromatic nitrogens is 1. The predicted molar refractivity (Wildman–Crippen MR) is 89.2 cm³/mol. The van der Waals surface area contributed by atoms with Crippen LogP contribution >= 0.6 is 0 Å². The van der Waals surface area contributed by atoms with Crippen LogP contribution in [0.2, 0.25) is 0 Å². The maximum atomic E-state index is 4.19. The number of hydrogen-bond donors (Lipinski definition) is 0. The molecule has 2 heteroatoms. The highest BCUT2D eigenvalue weighted by atomic mass is 15.1. The molecule has 0 spiro atoms. The second-order valence-corrected chi connectivity index (χ2v) is 6.61. The van der Waals surface area contributed by atoms with Crippen molar-refractivity contribution in [2.45, 2.75) is 46.2 Å². The monoisotopic (exact) mass is 282 g/mol. The molecule has 1 aromatic heterocycles. The summed E-state index contributed by atoms with van der Waals surface area (Å²) in [6, 6.07) is 13.2. The quantitative estimate of drug-likeness (QED) is 0.808. The Kier molecular flexibility index (Phi) is 5.13. The summed E-state index contributed by atoms with van der Waals surface area (Å²) in [6.45, 7) is 11.9. The van der Waals surface area contributed by atoms with E-state index < -0.39 is 0 Å². The minimum atomic E-state index is 0.221. The van der Waals surface area contributed by atoms with Gasteiger partial charge in [0.25, 0.3) is 0 Å². The van der Waals surface area contributed by atoms with E-state index in [1.165, 1.54) is 16.7 Å². The smallest absolute Gasteiger partial charge is 0.0312 e. The first-order chi connectivity index (χ1) is 9.99. The van der Waals surface area contributed by atoms with Crippen molar-refractivity contribution < 1.29 is 0 Å². The fourth-order valence-corrected chi connectivity index (χ4v) is 2.40. The predicted octanol–water partition coefficient (Wildman–Crippen LogP) is 4.40. The van der Waals surface area contributed by atoms with Gasteiger partial charge >= 0.3 is 0 Å². The zero-order chi connectivity index (χ0) is 15.3. The SMILES string of the molecule is CCN(Cc1ccc(C(C)(C)C)cc1)Cc1cccnc1. The largest absolute Gasteiger partial charge is 0.295 e. The van der Waals surface area contributed by atoms with Crippen molar-refractivity contribution in [3.05, 3.63) is 65.5 Å². The van der Waals surface area contributed by atoms with Crippen LogP contribution in [0.3, 0.4) is 0 Å². The summed E-state index contributed by atoms with van der Waals surface area (Å²) in [5.74, 6) is 0.